The van der Waals surface area contributed by atoms with Crippen LogP contribution >= 0.6 is 11.6 Å². The van der Waals surface area contributed by atoms with Crippen molar-refractivity contribution < 1.29 is 14.3 Å². The highest BCUT2D eigenvalue weighted by molar-refractivity contribution is 6.30. The minimum Gasteiger partial charge on any atom is -0.462 e. The molecule has 1 aromatic rings. The number of esters is 1. The van der Waals surface area contributed by atoms with Crippen LogP contribution in [0, 0.1) is 0 Å². The topological polar surface area (TPSA) is 43.4 Å². The summed E-state index contributed by atoms with van der Waals surface area (Å²) in [6, 6.07) is 6.62. The molecule has 0 saturated carbocycles. The van der Waals surface area contributed by atoms with Crippen LogP contribution in [0.15, 0.2) is 24.3 Å². The maximum Gasteiger partial charge on any atom is 0.338 e. The minimum absolute atomic E-state index is 0.320. The molecule has 0 spiro atoms. The van der Waals surface area contributed by atoms with Gasteiger partial charge in [0.15, 0.2) is 0 Å². The number of carbonyl (C=O) groups is 2. The van der Waals surface area contributed by atoms with Crippen molar-refractivity contribution in [1.29, 1.82) is 0 Å². The van der Waals surface area contributed by atoms with Crippen LogP contribution in [0.25, 0.3) is 0 Å². The number of ether oxygens (including phenoxy) is 1. The molecule has 0 atom stereocenters. The van der Waals surface area contributed by atoms with Gasteiger partial charge in [0.25, 0.3) is 0 Å². The second kappa shape index (κ2) is 8.70. The van der Waals surface area contributed by atoms with Gasteiger partial charge in [0, 0.05) is 11.4 Å². The molecule has 18 heavy (non-hydrogen) atoms. The lowest BCUT2D eigenvalue weighted by Crippen LogP contribution is -2.06. The Morgan fingerprint density at radius 2 is 1.78 bits per heavy atom. The zero-order chi connectivity index (χ0) is 13.2. The Morgan fingerprint density at radius 1 is 1.11 bits per heavy atom. The molecule has 0 aromatic heterocycles. The number of halogens is 1. The number of aldehydes is 1. The van der Waals surface area contributed by atoms with Crippen LogP contribution < -0.4 is 0 Å². The lowest BCUT2D eigenvalue weighted by atomic mass is 10.1. The summed E-state index contributed by atoms with van der Waals surface area (Å²) in [5.74, 6) is -0.320. The number of benzene rings is 1. The molecule has 0 radical (unpaired) electrons. The highest BCUT2D eigenvalue weighted by atomic mass is 35.5. The molecule has 0 saturated heterocycles. The zero-order valence-corrected chi connectivity index (χ0v) is 11.0. The number of rotatable bonds is 8. The highest BCUT2D eigenvalue weighted by Gasteiger charge is 2.05. The first-order valence-corrected chi connectivity index (χ1v) is 6.48. The molecule has 3 nitrogen and oxygen atoms in total. The Kier molecular flexibility index (Phi) is 7.11. The molecule has 1 aromatic carbocycles. The Labute approximate surface area is 112 Å². The van der Waals surface area contributed by atoms with E-state index in [0.29, 0.717) is 23.6 Å². The number of unbranched alkanes of at least 4 members (excludes halogenated alkanes) is 4. The van der Waals surface area contributed by atoms with Crippen molar-refractivity contribution in [3.05, 3.63) is 34.9 Å². The smallest absolute Gasteiger partial charge is 0.338 e. The van der Waals surface area contributed by atoms with Crippen LogP contribution in [-0.4, -0.2) is 18.9 Å². The van der Waals surface area contributed by atoms with E-state index < -0.39 is 0 Å². The van der Waals surface area contributed by atoms with Gasteiger partial charge in [-0.2, -0.15) is 0 Å². The van der Waals surface area contributed by atoms with Crippen molar-refractivity contribution in [3.63, 3.8) is 0 Å². The predicted octanol–water partition coefficient (Wildman–Crippen LogP) is 3.65. The Balaban J connectivity index is 2.13. The maximum atomic E-state index is 11.6. The minimum atomic E-state index is -0.320. The molecule has 0 heterocycles. The van der Waals surface area contributed by atoms with Crippen molar-refractivity contribution in [1.82, 2.24) is 0 Å². The quantitative estimate of drug-likeness (QED) is 0.411. The molecule has 0 fully saturated rings. The van der Waals surface area contributed by atoms with E-state index >= 15 is 0 Å². The highest BCUT2D eigenvalue weighted by Crippen LogP contribution is 2.10. The van der Waals surface area contributed by atoms with Crippen LogP contribution in [0.3, 0.4) is 0 Å². The van der Waals surface area contributed by atoms with Crippen LogP contribution in [0.4, 0.5) is 0 Å². The third-order valence-corrected chi connectivity index (χ3v) is 2.78. The zero-order valence-electron chi connectivity index (χ0n) is 10.2. The van der Waals surface area contributed by atoms with Gasteiger partial charge in [0.1, 0.15) is 6.29 Å². The van der Waals surface area contributed by atoms with Gasteiger partial charge in [-0.25, -0.2) is 4.79 Å². The fraction of sp³-hybridized carbons (Fsp3) is 0.429. The molecule has 0 aliphatic carbocycles. The summed E-state index contributed by atoms with van der Waals surface area (Å²) in [6.07, 6.45) is 5.26. The van der Waals surface area contributed by atoms with E-state index in [1.807, 2.05) is 0 Å². The Morgan fingerprint density at radius 3 is 2.44 bits per heavy atom. The van der Waals surface area contributed by atoms with Crippen LogP contribution in [0.2, 0.25) is 5.02 Å². The van der Waals surface area contributed by atoms with Crippen molar-refractivity contribution in [2.24, 2.45) is 0 Å². The SMILES string of the molecule is O=CCCCCCCOC(=O)c1ccc(Cl)cc1. The molecule has 4 heteroatoms. The van der Waals surface area contributed by atoms with Crippen molar-refractivity contribution in [3.8, 4) is 0 Å². The van der Waals surface area contributed by atoms with E-state index in [1.165, 1.54) is 0 Å². The predicted molar refractivity (Wildman–Crippen MR) is 70.9 cm³/mol. The van der Waals surface area contributed by atoms with E-state index in [1.54, 1.807) is 24.3 Å². The summed E-state index contributed by atoms with van der Waals surface area (Å²) in [6.45, 7) is 0.419. The average molecular weight is 269 g/mol. The van der Waals surface area contributed by atoms with Crippen molar-refractivity contribution in [2.45, 2.75) is 32.1 Å². The first-order valence-electron chi connectivity index (χ1n) is 6.10. The molecule has 0 N–H and O–H groups in total. The maximum absolute atomic E-state index is 11.6. The summed E-state index contributed by atoms with van der Waals surface area (Å²) >= 11 is 5.73. The summed E-state index contributed by atoms with van der Waals surface area (Å²) in [7, 11) is 0. The average Bonchev–Trinajstić information content (AvgIpc) is 2.38. The van der Waals surface area contributed by atoms with Gasteiger partial charge < -0.3 is 9.53 Å². The first kappa shape index (κ1) is 14.7. The summed E-state index contributed by atoms with van der Waals surface area (Å²) in [4.78, 5) is 21.7. The molecule has 0 aliphatic heterocycles. The molecular formula is C14H17ClO3. The number of hydrogen-bond acceptors (Lipinski definition) is 3. The summed E-state index contributed by atoms with van der Waals surface area (Å²) in [5, 5.41) is 0.599. The van der Waals surface area contributed by atoms with Crippen molar-refractivity contribution >= 4 is 23.9 Å². The van der Waals surface area contributed by atoms with Gasteiger partial charge >= 0.3 is 5.97 Å². The van der Waals surface area contributed by atoms with E-state index in [0.717, 1.165) is 32.0 Å². The Bertz CT molecular complexity index is 373. The second-order valence-corrected chi connectivity index (χ2v) is 4.45. The molecule has 0 aliphatic rings. The largest absolute Gasteiger partial charge is 0.462 e. The van der Waals surface area contributed by atoms with E-state index in [9.17, 15) is 9.59 Å². The van der Waals surface area contributed by atoms with Gasteiger partial charge in [-0.05, 0) is 37.1 Å². The molecule has 1 rings (SSSR count). The van der Waals surface area contributed by atoms with E-state index in [2.05, 4.69) is 0 Å². The van der Waals surface area contributed by atoms with Crippen LogP contribution in [-0.2, 0) is 9.53 Å². The first-order chi connectivity index (χ1) is 8.74. The number of hydrogen-bond donors (Lipinski definition) is 0. The van der Waals surface area contributed by atoms with Crippen LogP contribution in [0.1, 0.15) is 42.5 Å². The van der Waals surface area contributed by atoms with Crippen LogP contribution in [0.5, 0.6) is 0 Å². The second-order valence-electron chi connectivity index (χ2n) is 4.01. The normalized spacial score (nSPS) is 10.1. The molecule has 0 unspecified atom stereocenters. The van der Waals surface area contributed by atoms with Gasteiger partial charge in [0.05, 0.1) is 12.2 Å². The monoisotopic (exact) mass is 268 g/mol. The fourth-order valence-electron chi connectivity index (χ4n) is 1.52. The molecule has 98 valence electrons. The summed E-state index contributed by atoms with van der Waals surface area (Å²) in [5.41, 5.74) is 0.514. The van der Waals surface area contributed by atoms with Gasteiger partial charge in [-0.3, -0.25) is 0 Å². The third-order valence-electron chi connectivity index (χ3n) is 2.53. The van der Waals surface area contributed by atoms with E-state index in [-0.39, 0.29) is 5.97 Å². The van der Waals surface area contributed by atoms with Gasteiger partial charge in [-0.1, -0.05) is 24.4 Å². The van der Waals surface area contributed by atoms with Gasteiger partial charge in [-0.15, -0.1) is 0 Å². The van der Waals surface area contributed by atoms with Gasteiger partial charge in [0.2, 0.25) is 0 Å². The standard InChI is InChI=1S/C14H17ClO3/c15-13-8-6-12(7-9-13)14(17)18-11-5-3-1-2-4-10-16/h6-10H,1-5,11H2. The third kappa shape index (κ3) is 5.82. The van der Waals surface area contributed by atoms with E-state index in [4.69, 9.17) is 16.3 Å². The lowest BCUT2D eigenvalue weighted by Gasteiger charge is -2.04. The molecule has 0 bridgehead atoms. The number of carbonyl (C=O) groups excluding carboxylic acids is 2. The summed E-state index contributed by atoms with van der Waals surface area (Å²) < 4.78 is 5.12. The Hall–Kier alpha value is -1.35. The molecular weight excluding hydrogens is 252 g/mol. The molecule has 0 amide bonds. The van der Waals surface area contributed by atoms with Crippen molar-refractivity contribution in [2.75, 3.05) is 6.61 Å². The fourth-order valence-corrected chi connectivity index (χ4v) is 1.64. The lowest BCUT2D eigenvalue weighted by molar-refractivity contribution is -0.107.